The summed E-state index contributed by atoms with van der Waals surface area (Å²) in [5.41, 5.74) is 0. The quantitative estimate of drug-likeness (QED) is 0.733. The lowest BCUT2D eigenvalue weighted by atomic mass is 10.2. The first-order valence-corrected chi connectivity index (χ1v) is 6.30. The summed E-state index contributed by atoms with van der Waals surface area (Å²) < 4.78 is 0. The van der Waals surface area contributed by atoms with Crippen LogP contribution in [0.5, 0.6) is 0 Å². The molecule has 1 aromatic heterocycles. The Morgan fingerprint density at radius 3 is 3.00 bits per heavy atom. The van der Waals surface area contributed by atoms with E-state index in [2.05, 4.69) is 0 Å². The molecule has 1 aromatic rings. The van der Waals surface area contributed by atoms with Crippen LogP contribution in [0.15, 0.2) is 17.5 Å². The number of fused-ring (bicyclic) bond motifs is 1. The van der Waals surface area contributed by atoms with Gasteiger partial charge >= 0.3 is 6.03 Å². The van der Waals surface area contributed by atoms with Gasteiger partial charge in [0, 0.05) is 11.4 Å². The predicted molar refractivity (Wildman–Crippen MR) is 60.0 cm³/mol. The average molecular weight is 236 g/mol. The van der Waals surface area contributed by atoms with Gasteiger partial charge in [0.1, 0.15) is 6.04 Å². The van der Waals surface area contributed by atoms with Gasteiger partial charge < -0.3 is 4.90 Å². The Hall–Kier alpha value is -1.36. The van der Waals surface area contributed by atoms with Crippen molar-refractivity contribution >= 4 is 23.3 Å². The molecule has 0 aliphatic carbocycles. The first-order chi connectivity index (χ1) is 7.77. The van der Waals surface area contributed by atoms with E-state index in [1.165, 1.54) is 4.90 Å². The van der Waals surface area contributed by atoms with Crippen molar-refractivity contribution in [3.8, 4) is 0 Å². The normalized spacial score (nSPS) is 24.4. The smallest absolute Gasteiger partial charge is 0.312 e. The van der Waals surface area contributed by atoms with E-state index in [1.807, 2.05) is 17.5 Å². The molecular weight excluding hydrogens is 224 g/mol. The minimum Gasteiger partial charge on any atom is -0.312 e. The van der Waals surface area contributed by atoms with Crippen LogP contribution >= 0.6 is 11.3 Å². The third-order valence-electron chi connectivity index (χ3n) is 3.17. The van der Waals surface area contributed by atoms with Crippen LogP contribution in [0.4, 0.5) is 4.79 Å². The van der Waals surface area contributed by atoms with E-state index < -0.39 is 0 Å². The largest absolute Gasteiger partial charge is 0.327 e. The molecular formula is C11H12N2O2S. The van der Waals surface area contributed by atoms with Gasteiger partial charge in [-0.1, -0.05) is 6.07 Å². The third-order valence-corrected chi connectivity index (χ3v) is 4.04. The van der Waals surface area contributed by atoms with Crippen molar-refractivity contribution in [2.75, 3.05) is 6.54 Å². The molecule has 2 aliphatic rings. The van der Waals surface area contributed by atoms with Gasteiger partial charge in [-0.3, -0.25) is 9.69 Å². The zero-order valence-corrected chi connectivity index (χ0v) is 9.57. The van der Waals surface area contributed by atoms with E-state index in [1.54, 1.807) is 16.2 Å². The molecule has 5 heteroatoms. The fraction of sp³-hybridized carbons (Fsp3) is 0.455. The summed E-state index contributed by atoms with van der Waals surface area (Å²) in [7, 11) is 0. The van der Waals surface area contributed by atoms with Crippen LogP contribution in [0.25, 0.3) is 0 Å². The summed E-state index contributed by atoms with van der Waals surface area (Å²) in [5, 5.41) is 1.96. The fourth-order valence-electron chi connectivity index (χ4n) is 2.39. The number of carbonyl (C=O) groups excluding carboxylic acids is 2. The highest BCUT2D eigenvalue weighted by Gasteiger charge is 2.47. The van der Waals surface area contributed by atoms with Crippen LogP contribution in [-0.2, 0) is 11.3 Å². The first kappa shape index (κ1) is 9.84. The van der Waals surface area contributed by atoms with E-state index in [0.29, 0.717) is 6.54 Å². The van der Waals surface area contributed by atoms with Crippen LogP contribution in [0.3, 0.4) is 0 Å². The van der Waals surface area contributed by atoms with Gasteiger partial charge in [0.2, 0.25) is 0 Å². The number of carbonyl (C=O) groups is 2. The first-order valence-electron chi connectivity index (χ1n) is 5.42. The number of nitrogens with zero attached hydrogens (tertiary/aromatic N) is 2. The van der Waals surface area contributed by atoms with E-state index in [9.17, 15) is 9.59 Å². The summed E-state index contributed by atoms with van der Waals surface area (Å²) >= 11 is 1.58. The molecule has 84 valence electrons. The Bertz CT molecular complexity index is 407. The van der Waals surface area contributed by atoms with Crippen molar-refractivity contribution in [2.24, 2.45) is 0 Å². The number of amides is 3. The van der Waals surface area contributed by atoms with Crippen LogP contribution in [0.1, 0.15) is 17.7 Å². The summed E-state index contributed by atoms with van der Waals surface area (Å²) in [6, 6.07) is 3.61. The van der Waals surface area contributed by atoms with E-state index in [0.717, 1.165) is 24.3 Å². The van der Waals surface area contributed by atoms with Gasteiger partial charge in [-0.05, 0) is 24.3 Å². The van der Waals surface area contributed by atoms with E-state index in [-0.39, 0.29) is 18.0 Å². The fourth-order valence-corrected chi connectivity index (χ4v) is 3.08. The molecule has 16 heavy (non-hydrogen) atoms. The molecule has 2 aliphatic heterocycles. The van der Waals surface area contributed by atoms with E-state index in [4.69, 9.17) is 0 Å². The minimum absolute atomic E-state index is 0.0177. The highest BCUT2D eigenvalue weighted by Crippen LogP contribution is 2.28. The molecule has 0 N–H and O–H groups in total. The van der Waals surface area contributed by atoms with Crippen molar-refractivity contribution in [3.05, 3.63) is 22.4 Å². The maximum Gasteiger partial charge on any atom is 0.327 e. The zero-order valence-electron chi connectivity index (χ0n) is 8.76. The van der Waals surface area contributed by atoms with Crippen LogP contribution in [-0.4, -0.2) is 34.3 Å². The number of urea groups is 1. The molecule has 0 bridgehead atoms. The minimum atomic E-state index is -0.174. The van der Waals surface area contributed by atoms with Gasteiger partial charge in [0.15, 0.2) is 0 Å². The highest BCUT2D eigenvalue weighted by molar-refractivity contribution is 7.09. The van der Waals surface area contributed by atoms with E-state index >= 15 is 0 Å². The highest BCUT2D eigenvalue weighted by atomic mass is 32.1. The summed E-state index contributed by atoms with van der Waals surface area (Å²) in [6.45, 7) is 1.17. The molecule has 0 radical (unpaired) electrons. The van der Waals surface area contributed by atoms with Crippen molar-refractivity contribution in [2.45, 2.75) is 25.4 Å². The monoisotopic (exact) mass is 236 g/mol. The summed E-state index contributed by atoms with van der Waals surface area (Å²) in [4.78, 5) is 28.1. The Labute approximate surface area is 97.5 Å². The topological polar surface area (TPSA) is 40.6 Å². The Balaban J connectivity index is 1.81. The Morgan fingerprint density at radius 1 is 1.44 bits per heavy atom. The molecule has 1 atom stereocenters. The van der Waals surface area contributed by atoms with Gasteiger partial charge in [0.25, 0.3) is 5.91 Å². The molecule has 2 saturated heterocycles. The number of hydrogen-bond donors (Lipinski definition) is 0. The molecule has 2 fully saturated rings. The maximum atomic E-state index is 12.0. The second-order valence-corrected chi connectivity index (χ2v) is 5.17. The second-order valence-electron chi connectivity index (χ2n) is 4.14. The molecule has 3 rings (SSSR count). The molecule has 3 heterocycles. The van der Waals surface area contributed by atoms with Crippen molar-refractivity contribution in [1.29, 1.82) is 0 Å². The third kappa shape index (κ3) is 1.35. The van der Waals surface area contributed by atoms with Crippen LogP contribution in [0.2, 0.25) is 0 Å². The number of hydrogen-bond acceptors (Lipinski definition) is 3. The van der Waals surface area contributed by atoms with Gasteiger partial charge in [-0.2, -0.15) is 0 Å². The molecule has 3 amide bonds. The molecule has 1 unspecified atom stereocenters. The predicted octanol–water partition coefficient (Wildman–Crippen LogP) is 1.67. The molecule has 0 spiro atoms. The van der Waals surface area contributed by atoms with Crippen molar-refractivity contribution in [3.63, 3.8) is 0 Å². The second kappa shape index (κ2) is 3.59. The van der Waals surface area contributed by atoms with Gasteiger partial charge in [0.05, 0.1) is 6.54 Å². The average Bonchev–Trinajstić information content (AvgIpc) is 2.97. The molecule has 0 aromatic carbocycles. The van der Waals surface area contributed by atoms with Crippen LogP contribution in [0, 0.1) is 0 Å². The van der Waals surface area contributed by atoms with Gasteiger partial charge in [-0.25, -0.2) is 4.79 Å². The summed E-state index contributed by atoms with van der Waals surface area (Å²) in [5.74, 6) is -0.0177. The Morgan fingerprint density at radius 2 is 2.31 bits per heavy atom. The SMILES string of the molecule is O=C1C2CCCN2C(=O)N1Cc1cccs1. The number of rotatable bonds is 2. The Kier molecular flexibility index (Phi) is 2.21. The summed E-state index contributed by atoms with van der Waals surface area (Å²) in [6.07, 6.45) is 1.78. The molecule has 0 saturated carbocycles. The molecule has 4 nitrogen and oxygen atoms in total. The lowest BCUT2D eigenvalue weighted by Crippen LogP contribution is -2.32. The standard InChI is InChI=1S/C11H12N2O2S/c14-10-9-4-1-5-12(9)11(15)13(10)7-8-3-2-6-16-8/h2-3,6,9H,1,4-5,7H2. The van der Waals surface area contributed by atoms with Crippen molar-refractivity contribution < 1.29 is 9.59 Å². The zero-order chi connectivity index (χ0) is 11.1. The lowest BCUT2D eigenvalue weighted by Gasteiger charge is -2.14. The maximum absolute atomic E-state index is 12.0. The van der Waals surface area contributed by atoms with Gasteiger partial charge in [-0.15, -0.1) is 11.3 Å². The van der Waals surface area contributed by atoms with Crippen molar-refractivity contribution in [1.82, 2.24) is 9.80 Å². The number of imide groups is 1. The van der Waals surface area contributed by atoms with Crippen LogP contribution < -0.4 is 0 Å². The lowest BCUT2D eigenvalue weighted by molar-refractivity contribution is -0.128. The number of thiophene rings is 1.